The van der Waals surface area contributed by atoms with Crippen LogP contribution in [0.3, 0.4) is 0 Å². The number of nitrogens with zero attached hydrogens (tertiary/aromatic N) is 4. The lowest BCUT2D eigenvalue weighted by Crippen LogP contribution is -2.48. The molecular weight excluding hydrogens is 562 g/mol. The molecule has 0 amide bonds. The Morgan fingerprint density at radius 1 is 1.10 bits per heavy atom. The Kier molecular flexibility index (Phi) is 7.27. The minimum Gasteiger partial charge on any atom is -0.385 e. The van der Waals surface area contributed by atoms with Crippen molar-refractivity contribution in [1.29, 1.82) is 0 Å². The van der Waals surface area contributed by atoms with Crippen LogP contribution in [0.2, 0.25) is 0 Å². The zero-order chi connectivity index (χ0) is 29.8. The van der Waals surface area contributed by atoms with Crippen molar-refractivity contribution in [2.75, 3.05) is 11.6 Å². The molecule has 1 aromatic carbocycles. The van der Waals surface area contributed by atoms with Gasteiger partial charge in [0.25, 0.3) is 0 Å². The van der Waals surface area contributed by atoms with Crippen LogP contribution < -0.4 is 11.1 Å². The van der Waals surface area contributed by atoms with Crippen molar-refractivity contribution < 1.29 is 22.3 Å². The predicted molar refractivity (Wildman–Crippen MR) is 156 cm³/mol. The van der Waals surface area contributed by atoms with Crippen molar-refractivity contribution >= 4 is 27.0 Å². The van der Waals surface area contributed by atoms with Crippen molar-refractivity contribution in [3.63, 3.8) is 0 Å². The Morgan fingerprint density at radius 2 is 1.81 bits per heavy atom. The fraction of sp³-hybridized carbons (Fsp3) is 0.433. The van der Waals surface area contributed by atoms with E-state index >= 15 is 8.78 Å². The summed E-state index contributed by atoms with van der Waals surface area (Å²) in [4.78, 5) is 8.70. The molecule has 0 aliphatic heterocycles. The van der Waals surface area contributed by atoms with E-state index in [1.807, 2.05) is 13.0 Å². The van der Waals surface area contributed by atoms with Crippen LogP contribution in [0.4, 0.5) is 20.4 Å². The van der Waals surface area contributed by atoms with Crippen LogP contribution in [0, 0.1) is 17.6 Å². The van der Waals surface area contributed by atoms with Gasteiger partial charge in [0, 0.05) is 18.5 Å². The summed E-state index contributed by atoms with van der Waals surface area (Å²) >= 11 is 0. The SMILES string of the molecule is C[C@H]1C[C@@H](c2ccncc2Nc2ncc3ccc(-c4c(F)cc(C5(O)CCCC5)cc4F)nn23)C[C@@H](N)[C@@H]1S(C)(=O)=O. The molecule has 0 unspecified atom stereocenters. The van der Waals surface area contributed by atoms with Crippen molar-refractivity contribution in [1.82, 2.24) is 19.6 Å². The second-order valence-electron chi connectivity index (χ2n) is 11.9. The van der Waals surface area contributed by atoms with E-state index in [4.69, 9.17) is 5.73 Å². The van der Waals surface area contributed by atoms with Gasteiger partial charge in [0.1, 0.15) is 11.6 Å². The Hall–Kier alpha value is -3.48. The van der Waals surface area contributed by atoms with Gasteiger partial charge in [-0.2, -0.15) is 9.61 Å². The summed E-state index contributed by atoms with van der Waals surface area (Å²) in [6, 6.07) is 6.99. The third-order valence-electron chi connectivity index (χ3n) is 8.88. The fourth-order valence-corrected chi connectivity index (χ4v) is 8.68. The van der Waals surface area contributed by atoms with Gasteiger partial charge in [-0.1, -0.05) is 19.8 Å². The summed E-state index contributed by atoms with van der Waals surface area (Å²) in [5.74, 6) is -1.41. The molecule has 2 saturated carbocycles. The van der Waals surface area contributed by atoms with Crippen LogP contribution in [0.5, 0.6) is 0 Å². The molecular formula is C30H34F2N6O3S. The number of hydrogen-bond acceptors (Lipinski definition) is 8. The first-order chi connectivity index (χ1) is 19.9. The lowest BCUT2D eigenvalue weighted by atomic mass is 9.76. The number of halogens is 2. The first kappa shape index (κ1) is 28.6. The maximum atomic E-state index is 15.3. The molecule has 3 heterocycles. The van der Waals surface area contributed by atoms with Gasteiger partial charge in [0.05, 0.1) is 45.7 Å². The molecule has 42 heavy (non-hydrogen) atoms. The van der Waals surface area contributed by atoms with Crippen LogP contribution in [0.15, 0.2) is 48.9 Å². The van der Waals surface area contributed by atoms with Crippen LogP contribution >= 0.6 is 0 Å². The van der Waals surface area contributed by atoms with E-state index in [1.54, 1.807) is 24.7 Å². The molecule has 2 aliphatic rings. The highest BCUT2D eigenvalue weighted by atomic mass is 32.2. The van der Waals surface area contributed by atoms with Crippen LogP contribution in [0.1, 0.15) is 62.5 Å². The lowest BCUT2D eigenvalue weighted by Gasteiger charge is -2.38. The normalized spacial score (nSPS) is 24.2. The van der Waals surface area contributed by atoms with Gasteiger partial charge in [-0.3, -0.25) is 4.98 Å². The zero-order valence-corrected chi connectivity index (χ0v) is 24.3. The predicted octanol–water partition coefficient (Wildman–Crippen LogP) is 4.83. The van der Waals surface area contributed by atoms with Gasteiger partial charge in [0.15, 0.2) is 9.84 Å². The number of rotatable bonds is 6. The fourth-order valence-electron chi connectivity index (χ4n) is 6.98. The average molecular weight is 597 g/mol. The zero-order valence-electron chi connectivity index (χ0n) is 23.5. The summed E-state index contributed by atoms with van der Waals surface area (Å²) in [7, 11) is -3.29. The number of hydrogen-bond donors (Lipinski definition) is 3. The van der Waals surface area contributed by atoms with Gasteiger partial charge < -0.3 is 16.2 Å². The molecule has 0 saturated heterocycles. The van der Waals surface area contributed by atoms with Crippen molar-refractivity contribution in [3.05, 3.63) is 71.7 Å². The molecule has 6 rings (SSSR count). The first-order valence-electron chi connectivity index (χ1n) is 14.2. The van der Waals surface area contributed by atoms with Gasteiger partial charge >= 0.3 is 0 Å². The third-order valence-corrected chi connectivity index (χ3v) is 10.7. The quantitative estimate of drug-likeness (QED) is 0.288. The maximum absolute atomic E-state index is 15.3. The number of nitrogens with two attached hydrogens (primary N) is 1. The second-order valence-corrected chi connectivity index (χ2v) is 14.1. The molecule has 2 fully saturated rings. The smallest absolute Gasteiger partial charge is 0.229 e. The number of aromatic nitrogens is 4. The van der Waals surface area contributed by atoms with E-state index in [-0.39, 0.29) is 28.7 Å². The molecule has 3 aromatic heterocycles. The van der Waals surface area contributed by atoms with E-state index in [1.165, 1.54) is 29.0 Å². The summed E-state index contributed by atoms with van der Waals surface area (Å²) in [5.41, 5.74) is 7.38. The first-order valence-corrected chi connectivity index (χ1v) is 16.1. The van der Waals surface area contributed by atoms with Crippen molar-refractivity contribution in [2.24, 2.45) is 11.7 Å². The number of fused-ring (bicyclic) bond motifs is 1. The minimum atomic E-state index is -3.29. The number of aliphatic hydroxyl groups is 1. The summed E-state index contributed by atoms with van der Waals surface area (Å²) in [5, 5.41) is 18.0. The highest BCUT2D eigenvalue weighted by Crippen LogP contribution is 2.42. The van der Waals surface area contributed by atoms with E-state index < -0.39 is 38.4 Å². The van der Waals surface area contributed by atoms with Crippen molar-refractivity contribution in [3.8, 4) is 11.3 Å². The molecule has 12 heteroatoms. The summed E-state index contributed by atoms with van der Waals surface area (Å²) in [6.45, 7) is 1.92. The van der Waals surface area contributed by atoms with Gasteiger partial charge in [-0.05, 0) is 79.0 Å². The lowest BCUT2D eigenvalue weighted by molar-refractivity contribution is 0.0438. The Labute approximate surface area is 243 Å². The van der Waals surface area contributed by atoms with Crippen LogP contribution in [-0.2, 0) is 15.4 Å². The maximum Gasteiger partial charge on any atom is 0.229 e. The van der Waals surface area contributed by atoms with E-state index in [9.17, 15) is 13.5 Å². The Morgan fingerprint density at radius 3 is 2.48 bits per heavy atom. The summed E-state index contributed by atoms with van der Waals surface area (Å²) in [6.07, 6.45) is 9.86. The number of imidazole rings is 1. The highest BCUT2D eigenvalue weighted by molar-refractivity contribution is 7.91. The standard InChI is InChI=1S/C30H34F2N6O3S/c1-17-11-18(12-24(33)28(17)42(2,40)41)21-7-10-34-16-26(21)36-29-35-15-20-5-6-25(37-38(20)29)27-22(31)13-19(14-23(27)32)30(39)8-3-4-9-30/h5-7,10,13-18,24,28,39H,3-4,8-9,11-12,33H2,1-2H3,(H,35,36)/t17-,18+,24+,28+/m0/s1. The topological polar surface area (TPSA) is 136 Å². The molecule has 0 spiro atoms. The van der Waals surface area contributed by atoms with Crippen molar-refractivity contribution in [2.45, 2.75) is 68.3 Å². The number of nitrogens with one attached hydrogen (secondary N) is 1. The number of sulfone groups is 1. The Balaban J connectivity index is 1.32. The number of benzene rings is 1. The minimum absolute atomic E-state index is 0.00959. The molecule has 9 nitrogen and oxygen atoms in total. The van der Waals surface area contributed by atoms with Gasteiger partial charge in [-0.15, -0.1) is 0 Å². The second kappa shape index (κ2) is 10.7. The van der Waals surface area contributed by atoms with Gasteiger partial charge in [0.2, 0.25) is 5.95 Å². The largest absolute Gasteiger partial charge is 0.385 e. The number of anilines is 2. The molecule has 2 aliphatic carbocycles. The van der Waals surface area contributed by atoms with Gasteiger partial charge in [-0.25, -0.2) is 22.2 Å². The van der Waals surface area contributed by atoms with E-state index in [0.717, 1.165) is 18.4 Å². The summed E-state index contributed by atoms with van der Waals surface area (Å²) < 4.78 is 56.8. The van der Waals surface area contributed by atoms with Crippen LogP contribution in [-0.4, -0.2) is 50.7 Å². The molecule has 0 radical (unpaired) electrons. The van der Waals surface area contributed by atoms with E-state index in [0.29, 0.717) is 42.8 Å². The molecule has 222 valence electrons. The average Bonchev–Trinajstić information content (AvgIpc) is 3.54. The number of pyridine rings is 1. The molecule has 4 N–H and O–H groups in total. The van der Waals surface area contributed by atoms with E-state index in [2.05, 4.69) is 20.4 Å². The highest BCUT2D eigenvalue weighted by Gasteiger charge is 2.40. The third kappa shape index (κ3) is 5.16. The van der Waals surface area contributed by atoms with Crippen LogP contribution in [0.25, 0.3) is 16.8 Å². The monoisotopic (exact) mass is 596 g/mol. The molecule has 0 bridgehead atoms. The molecule has 4 aromatic rings. The Bertz CT molecular complexity index is 1720. The molecule has 4 atom stereocenters.